The summed E-state index contributed by atoms with van der Waals surface area (Å²) in [6, 6.07) is 1.85. The lowest BCUT2D eigenvalue weighted by molar-refractivity contribution is 0.0934. The van der Waals surface area contributed by atoms with Crippen molar-refractivity contribution in [3.05, 3.63) is 17.5 Å². The molecule has 1 atom stereocenters. The van der Waals surface area contributed by atoms with E-state index < -0.39 is 0 Å². The first-order chi connectivity index (χ1) is 8.06. The highest BCUT2D eigenvalue weighted by Gasteiger charge is 2.12. The molecule has 0 saturated carbocycles. The van der Waals surface area contributed by atoms with Crippen molar-refractivity contribution in [2.75, 3.05) is 11.9 Å². The van der Waals surface area contributed by atoms with Gasteiger partial charge in [0.05, 0.1) is 0 Å². The van der Waals surface area contributed by atoms with Gasteiger partial charge >= 0.3 is 0 Å². The zero-order chi connectivity index (χ0) is 12.8. The molecule has 17 heavy (non-hydrogen) atoms. The molecule has 0 spiro atoms. The van der Waals surface area contributed by atoms with Gasteiger partial charge in [-0.3, -0.25) is 4.79 Å². The predicted molar refractivity (Wildman–Crippen MR) is 68.2 cm³/mol. The van der Waals surface area contributed by atoms with Crippen LogP contribution in [-0.4, -0.2) is 28.5 Å². The Hall–Kier alpha value is -1.65. The summed E-state index contributed by atoms with van der Waals surface area (Å²) in [6.45, 7) is 8.54. The molecule has 5 nitrogen and oxygen atoms in total. The number of amides is 1. The van der Waals surface area contributed by atoms with Gasteiger partial charge in [0.1, 0.15) is 5.69 Å². The molecule has 1 rings (SSSR count). The molecule has 1 heterocycles. The highest BCUT2D eigenvalue weighted by Crippen LogP contribution is 2.05. The van der Waals surface area contributed by atoms with E-state index in [9.17, 15) is 4.79 Å². The first-order valence-electron chi connectivity index (χ1n) is 5.97. The minimum atomic E-state index is -0.149. The van der Waals surface area contributed by atoms with E-state index in [-0.39, 0.29) is 11.9 Å². The summed E-state index contributed by atoms with van der Waals surface area (Å²) in [5.74, 6) is 0.353. The molecular formula is C12H20N4O. The van der Waals surface area contributed by atoms with Crippen molar-refractivity contribution in [3.63, 3.8) is 0 Å². The van der Waals surface area contributed by atoms with Crippen molar-refractivity contribution in [1.29, 1.82) is 0 Å². The van der Waals surface area contributed by atoms with Gasteiger partial charge in [0, 0.05) is 18.3 Å². The van der Waals surface area contributed by atoms with Crippen LogP contribution < -0.4 is 10.6 Å². The van der Waals surface area contributed by atoms with Crippen molar-refractivity contribution in [1.82, 2.24) is 15.3 Å². The van der Waals surface area contributed by atoms with Crippen LogP contribution in [0.25, 0.3) is 0 Å². The van der Waals surface area contributed by atoms with Crippen LogP contribution in [-0.2, 0) is 0 Å². The minimum absolute atomic E-state index is 0.149. The maximum Gasteiger partial charge on any atom is 0.270 e. The molecular weight excluding hydrogens is 216 g/mol. The fourth-order valence-corrected chi connectivity index (χ4v) is 1.32. The van der Waals surface area contributed by atoms with Crippen LogP contribution in [0.5, 0.6) is 0 Å². The van der Waals surface area contributed by atoms with Crippen molar-refractivity contribution < 1.29 is 4.79 Å². The Labute approximate surface area is 102 Å². The number of carbonyl (C=O) groups is 1. The van der Waals surface area contributed by atoms with Crippen LogP contribution in [0, 0.1) is 6.92 Å². The van der Waals surface area contributed by atoms with Crippen LogP contribution in [0.15, 0.2) is 6.07 Å². The summed E-state index contributed by atoms with van der Waals surface area (Å²) < 4.78 is 0. The minimum Gasteiger partial charge on any atom is -0.354 e. The standard InChI is InChI=1S/C12H20N4O/c1-5-8(3)14-11(17)10-7-9(4)15-12(16-10)13-6-2/h7-8H,5-6H2,1-4H3,(H,14,17)(H,13,15,16). The molecule has 0 bridgehead atoms. The molecule has 1 unspecified atom stereocenters. The third kappa shape index (κ3) is 4.01. The van der Waals surface area contributed by atoms with E-state index in [2.05, 4.69) is 20.6 Å². The van der Waals surface area contributed by atoms with Crippen LogP contribution in [0.4, 0.5) is 5.95 Å². The van der Waals surface area contributed by atoms with E-state index in [0.29, 0.717) is 11.6 Å². The second-order valence-corrected chi connectivity index (χ2v) is 4.03. The summed E-state index contributed by atoms with van der Waals surface area (Å²) in [7, 11) is 0. The van der Waals surface area contributed by atoms with Crippen LogP contribution in [0.3, 0.4) is 0 Å². The summed E-state index contributed by atoms with van der Waals surface area (Å²) in [5.41, 5.74) is 1.19. The highest BCUT2D eigenvalue weighted by molar-refractivity contribution is 5.92. The number of nitrogens with one attached hydrogen (secondary N) is 2. The molecule has 1 amide bonds. The summed E-state index contributed by atoms with van der Waals surface area (Å²) >= 11 is 0. The van der Waals surface area contributed by atoms with E-state index in [1.165, 1.54) is 0 Å². The van der Waals surface area contributed by atoms with Crippen molar-refractivity contribution >= 4 is 11.9 Å². The molecule has 0 aromatic carbocycles. The Balaban J connectivity index is 2.85. The maximum absolute atomic E-state index is 11.9. The van der Waals surface area contributed by atoms with E-state index in [1.54, 1.807) is 6.07 Å². The lowest BCUT2D eigenvalue weighted by Gasteiger charge is -2.11. The number of rotatable bonds is 5. The van der Waals surface area contributed by atoms with Gasteiger partial charge in [0.15, 0.2) is 0 Å². The first kappa shape index (κ1) is 13.4. The van der Waals surface area contributed by atoms with Gasteiger partial charge in [-0.15, -0.1) is 0 Å². The van der Waals surface area contributed by atoms with Gasteiger partial charge in [-0.2, -0.15) is 0 Å². The van der Waals surface area contributed by atoms with E-state index in [1.807, 2.05) is 27.7 Å². The molecule has 94 valence electrons. The van der Waals surface area contributed by atoms with E-state index >= 15 is 0 Å². The average molecular weight is 236 g/mol. The number of hydrogen-bond donors (Lipinski definition) is 2. The third-order valence-corrected chi connectivity index (χ3v) is 2.41. The van der Waals surface area contributed by atoms with Crippen LogP contribution in [0.1, 0.15) is 43.4 Å². The number of aromatic nitrogens is 2. The first-order valence-corrected chi connectivity index (χ1v) is 5.97. The molecule has 5 heteroatoms. The average Bonchev–Trinajstić information content (AvgIpc) is 2.28. The monoisotopic (exact) mass is 236 g/mol. The Bertz CT molecular complexity index is 392. The Morgan fingerprint density at radius 1 is 1.41 bits per heavy atom. The predicted octanol–water partition coefficient (Wildman–Crippen LogP) is 1.75. The Morgan fingerprint density at radius 2 is 2.12 bits per heavy atom. The molecule has 0 fully saturated rings. The van der Waals surface area contributed by atoms with Gasteiger partial charge in [-0.25, -0.2) is 9.97 Å². The lowest BCUT2D eigenvalue weighted by atomic mass is 10.2. The second kappa shape index (κ2) is 6.18. The van der Waals surface area contributed by atoms with Gasteiger partial charge < -0.3 is 10.6 Å². The number of carbonyl (C=O) groups excluding carboxylic acids is 1. The van der Waals surface area contributed by atoms with Gasteiger partial charge in [-0.05, 0) is 33.3 Å². The summed E-state index contributed by atoms with van der Waals surface area (Å²) in [6.07, 6.45) is 0.899. The SMILES string of the molecule is CCNc1nc(C)cc(C(=O)NC(C)CC)n1. The largest absolute Gasteiger partial charge is 0.354 e. The fourth-order valence-electron chi connectivity index (χ4n) is 1.32. The normalized spacial score (nSPS) is 12.0. The second-order valence-electron chi connectivity index (χ2n) is 4.03. The van der Waals surface area contributed by atoms with E-state index in [0.717, 1.165) is 18.7 Å². The molecule has 0 aliphatic rings. The number of hydrogen-bond acceptors (Lipinski definition) is 4. The lowest BCUT2D eigenvalue weighted by Crippen LogP contribution is -2.32. The topological polar surface area (TPSA) is 66.9 Å². The van der Waals surface area contributed by atoms with Gasteiger partial charge in [-0.1, -0.05) is 6.92 Å². The third-order valence-electron chi connectivity index (χ3n) is 2.41. The van der Waals surface area contributed by atoms with Gasteiger partial charge in [0.25, 0.3) is 5.91 Å². The molecule has 0 aliphatic carbocycles. The number of nitrogens with zero attached hydrogens (tertiary/aromatic N) is 2. The number of aryl methyl sites for hydroxylation is 1. The summed E-state index contributed by atoms with van der Waals surface area (Å²) in [4.78, 5) is 20.3. The molecule has 0 radical (unpaired) electrons. The Kier molecular flexibility index (Phi) is 4.87. The fraction of sp³-hybridized carbons (Fsp3) is 0.583. The molecule has 1 aromatic rings. The van der Waals surface area contributed by atoms with Crippen LogP contribution >= 0.6 is 0 Å². The zero-order valence-corrected chi connectivity index (χ0v) is 10.9. The maximum atomic E-state index is 11.9. The smallest absolute Gasteiger partial charge is 0.270 e. The Morgan fingerprint density at radius 3 is 2.71 bits per heavy atom. The van der Waals surface area contributed by atoms with Crippen molar-refractivity contribution in [2.24, 2.45) is 0 Å². The quantitative estimate of drug-likeness (QED) is 0.817. The molecule has 2 N–H and O–H groups in total. The van der Waals surface area contributed by atoms with Gasteiger partial charge in [0.2, 0.25) is 5.95 Å². The molecule has 0 saturated heterocycles. The van der Waals surface area contributed by atoms with Crippen molar-refractivity contribution in [2.45, 2.75) is 40.2 Å². The number of anilines is 1. The molecule has 0 aliphatic heterocycles. The van der Waals surface area contributed by atoms with E-state index in [4.69, 9.17) is 0 Å². The van der Waals surface area contributed by atoms with Crippen molar-refractivity contribution in [3.8, 4) is 0 Å². The zero-order valence-electron chi connectivity index (χ0n) is 10.9. The summed E-state index contributed by atoms with van der Waals surface area (Å²) in [5, 5.41) is 5.89. The van der Waals surface area contributed by atoms with Crippen LogP contribution in [0.2, 0.25) is 0 Å². The highest BCUT2D eigenvalue weighted by atomic mass is 16.1. The molecule has 1 aromatic heterocycles.